The quantitative estimate of drug-likeness (QED) is 0.429. The van der Waals surface area contributed by atoms with E-state index in [1.807, 2.05) is 48.5 Å². The van der Waals surface area contributed by atoms with Gasteiger partial charge in [0.1, 0.15) is 11.5 Å². The molecule has 0 bridgehead atoms. The number of aliphatic imine (C=N–C) groups is 1. The van der Waals surface area contributed by atoms with Crippen LogP contribution in [0.4, 0.5) is 5.69 Å². The lowest BCUT2D eigenvalue weighted by atomic mass is 10.2. The number of para-hydroxylation sites is 1. The van der Waals surface area contributed by atoms with Crippen LogP contribution in [0.3, 0.4) is 0 Å². The van der Waals surface area contributed by atoms with Gasteiger partial charge in [0.25, 0.3) is 5.91 Å². The van der Waals surface area contributed by atoms with Crippen LogP contribution in [-0.4, -0.2) is 35.2 Å². The van der Waals surface area contributed by atoms with Gasteiger partial charge in [-0.25, -0.2) is 15.0 Å². The van der Waals surface area contributed by atoms with E-state index in [2.05, 4.69) is 4.99 Å². The predicted molar refractivity (Wildman–Crippen MR) is 124 cm³/mol. The summed E-state index contributed by atoms with van der Waals surface area (Å²) >= 11 is 13.4. The van der Waals surface area contributed by atoms with Gasteiger partial charge in [-0.3, -0.25) is 4.79 Å². The highest BCUT2D eigenvalue weighted by atomic mass is 35.5. The Bertz CT molecular complexity index is 1160. The molecule has 1 aliphatic heterocycles. The molecule has 8 heteroatoms. The molecule has 0 aliphatic carbocycles. The van der Waals surface area contributed by atoms with E-state index in [-0.39, 0.29) is 5.91 Å². The number of halogens is 2. The van der Waals surface area contributed by atoms with Crippen LogP contribution in [0, 0.1) is 0 Å². The standard InChI is InChI=1S/C22H17Cl2N3O2S/c1-26(2)27-21(28)20(30-22(27)25-15-6-4-3-5-7-15)13-16-9-11-19(29-16)14-8-10-17(23)18(24)12-14/h3-13H,1-2H3/b20-13+,25-22?. The largest absolute Gasteiger partial charge is 0.457 e. The van der Waals surface area contributed by atoms with Gasteiger partial charge >= 0.3 is 0 Å². The molecule has 152 valence electrons. The van der Waals surface area contributed by atoms with Crippen LogP contribution in [0.15, 0.2) is 75.0 Å². The highest BCUT2D eigenvalue weighted by Gasteiger charge is 2.35. The number of carbonyl (C=O) groups is 1. The van der Waals surface area contributed by atoms with Crippen molar-refractivity contribution in [1.82, 2.24) is 10.0 Å². The van der Waals surface area contributed by atoms with Crippen LogP contribution in [-0.2, 0) is 4.79 Å². The van der Waals surface area contributed by atoms with E-state index in [1.54, 1.807) is 37.3 Å². The van der Waals surface area contributed by atoms with Crippen LogP contribution in [0.1, 0.15) is 5.76 Å². The van der Waals surface area contributed by atoms with Crippen LogP contribution in [0.2, 0.25) is 10.0 Å². The molecule has 0 spiro atoms. The first-order chi connectivity index (χ1) is 14.4. The second-order valence-corrected chi connectivity index (χ2v) is 8.46. The number of thioether (sulfide) groups is 1. The van der Waals surface area contributed by atoms with Crippen molar-refractivity contribution in [2.24, 2.45) is 4.99 Å². The van der Waals surface area contributed by atoms with Crippen LogP contribution < -0.4 is 0 Å². The van der Waals surface area contributed by atoms with Crippen LogP contribution in [0.25, 0.3) is 17.4 Å². The first kappa shape index (κ1) is 20.8. The summed E-state index contributed by atoms with van der Waals surface area (Å²) < 4.78 is 5.91. The third kappa shape index (κ3) is 4.32. The molecule has 0 saturated carbocycles. The van der Waals surface area contributed by atoms with Crippen molar-refractivity contribution in [2.45, 2.75) is 0 Å². The highest BCUT2D eigenvalue weighted by Crippen LogP contribution is 2.36. The number of nitrogens with zero attached hydrogens (tertiary/aromatic N) is 3. The average Bonchev–Trinajstić information content (AvgIpc) is 3.30. The van der Waals surface area contributed by atoms with Gasteiger partial charge in [0.15, 0.2) is 5.17 Å². The van der Waals surface area contributed by atoms with Gasteiger partial charge in [0, 0.05) is 25.7 Å². The lowest BCUT2D eigenvalue weighted by molar-refractivity contribution is -0.130. The Morgan fingerprint density at radius 1 is 1.03 bits per heavy atom. The number of amides is 1. The fraction of sp³-hybridized carbons (Fsp3) is 0.0909. The maximum absolute atomic E-state index is 13.0. The molecular weight excluding hydrogens is 441 g/mol. The molecule has 0 radical (unpaired) electrons. The molecule has 1 aliphatic rings. The molecule has 5 nitrogen and oxygen atoms in total. The van der Waals surface area contributed by atoms with E-state index in [1.165, 1.54) is 16.8 Å². The third-order valence-electron chi connectivity index (χ3n) is 4.27. The summed E-state index contributed by atoms with van der Waals surface area (Å²) in [5.74, 6) is 1.04. The predicted octanol–water partition coefficient (Wildman–Crippen LogP) is 6.33. The molecule has 1 saturated heterocycles. The van der Waals surface area contributed by atoms with E-state index >= 15 is 0 Å². The van der Waals surface area contributed by atoms with Crippen molar-refractivity contribution in [2.75, 3.05) is 14.1 Å². The monoisotopic (exact) mass is 457 g/mol. The number of amidine groups is 1. The smallest absolute Gasteiger partial charge is 0.281 e. The fourth-order valence-corrected chi connectivity index (χ4v) is 4.20. The summed E-state index contributed by atoms with van der Waals surface area (Å²) in [4.78, 5) is 18.1. The van der Waals surface area contributed by atoms with Crippen molar-refractivity contribution >= 4 is 57.8 Å². The zero-order valence-electron chi connectivity index (χ0n) is 16.2. The minimum Gasteiger partial charge on any atom is -0.457 e. The summed E-state index contributed by atoms with van der Waals surface area (Å²) in [5, 5.41) is 4.76. The zero-order chi connectivity index (χ0) is 21.3. The minimum atomic E-state index is -0.160. The fourth-order valence-electron chi connectivity index (χ4n) is 2.87. The summed E-state index contributed by atoms with van der Waals surface area (Å²) in [6.45, 7) is 0. The van der Waals surface area contributed by atoms with Gasteiger partial charge < -0.3 is 4.42 Å². The Morgan fingerprint density at radius 3 is 2.50 bits per heavy atom. The van der Waals surface area contributed by atoms with Gasteiger partial charge in [-0.2, -0.15) is 0 Å². The van der Waals surface area contributed by atoms with Gasteiger partial charge in [-0.05, 0) is 54.2 Å². The molecule has 1 amide bonds. The Labute approximate surface area is 188 Å². The Hall–Kier alpha value is -2.51. The molecule has 0 N–H and O–H groups in total. The summed E-state index contributed by atoms with van der Waals surface area (Å²) in [5.41, 5.74) is 1.58. The first-order valence-corrected chi connectivity index (χ1v) is 10.6. The molecule has 0 unspecified atom stereocenters. The SMILES string of the molecule is CN(C)N1C(=O)/C(=C\c2ccc(-c3ccc(Cl)c(Cl)c3)o2)SC1=Nc1ccccc1. The number of furan rings is 1. The van der Waals surface area contributed by atoms with Crippen LogP contribution in [0.5, 0.6) is 0 Å². The van der Waals surface area contributed by atoms with E-state index in [0.717, 1.165) is 11.3 Å². The van der Waals surface area contributed by atoms with Crippen LogP contribution >= 0.6 is 35.0 Å². The molecule has 2 aromatic carbocycles. The topological polar surface area (TPSA) is 49.0 Å². The maximum atomic E-state index is 13.0. The van der Waals surface area contributed by atoms with Crippen molar-refractivity contribution in [3.63, 3.8) is 0 Å². The Balaban J connectivity index is 1.64. The molecule has 4 rings (SSSR count). The summed E-state index contributed by atoms with van der Waals surface area (Å²) in [6, 6.07) is 18.5. The molecular formula is C22H17Cl2N3O2S. The van der Waals surface area contributed by atoms with Gasteiger partial charge in [0.2, 0.25) is 0 Å². The van der Waals surface area contributed by atoms with E-state index < -0.39 is 0 Å². The molecule has 2 heterocycles. The van der Waals surface area contributed by atoms with E-state index in [9.17, 15) is 4.79 Å². The average molecular weight is 458 g/mol. The Morgan fingerprint density at radius 2 is 1.80 bits per heavy atom. The number of carbonyl (C=O) groups excluding carboxylic acids is 1. The lowest BCUT2D eigenvalue weighted by Crippen LogP contribution is -2.40. The number of hydrogen-bond donors (Lipinski definition) is 0. The van der Waals surface area contributed by atoms with Gasteiger partial charge in [-0.15, -0.1) is 0 Å². The van der Waals surface area contributed by atoms with Gasteiger partial charge in [-0.1, -0.05) is 41.4 Å². The number of rotatable bonds is 4. The maximum Gasteiger partial charge on any atom is 0.281 e. The molecule has 1 aromatic heterocycles. The second-order valence-electron chi connectivity index (χ2n) is 6.64. The van der Waals surface area contributed by atoms with Crippen molar-refractivity contribution < 1.29 is 9.21 Å². The number of benzene rings is 2. The highest BCUT2D eigenvalue weighted by molar-refractivity contribution is 8.18. The van der Waals surface area contributed by atoms with E-state index in [0.29, 0.717) is 31.6 Å². The number of hydrazine groups is 1. The summed E-state index contributed by atoms with van der Waals surface area (Å²) in [7, 11) is 3.61. The Kier molecular flexibility index (Phi) is 6.01. The molecule has 0 atom stereocenters. The molecule has 30 heavy (non-hydrogen) atoms. The normalized spacial score (nSPS) is 17.0. The lowest BCUT2D eigenvalue weighted by Gasteiger charge is -2.22. The van der Waals surface area contributed by atoms with Crippen molar-refractivity contribution in [3.05, 3.63) is 81.4 Å². The van der Waals surface area contributed by atoms with Crippen molar-refractivity contribution in [1.29, 1.82) is 0 Å². The zero-order valence-corrected chi connectivity index (χ0v) is 18.5. The molecule has 3 aromatic rings. The van der Waals surface area contributed by atoms with Crippen molar-refractivity contribution in [3.8, 4) is 11.3 Å². The van der Waals surface area contributed by atoms with E-state index in [4.69, 9.17) is 27.6 Å². The first-order valence-electron chi connectivity index (χ1n) is 9.02. The number of hydrogen-bond acceptors (Lipinski definition) is 5. The minimum absolute atomic E-state index is 0.160. The van der Waals surface area contributed by atoms with Gasteiger partial charge in [0.05, 0.1) is 20.6 Å². The third-order valence-corrected chi connectivity index (χ3v) is 5.97. The molecule has 1 fully saturated rings. The second kappa shape index (κ2) is 8.70. The summed E-state index contributed by atoms with van der Waals surface area (Å²) in [6.07, 6.45) is 1.72.